The normalized spacial score (nSPS) is 9.69. The van der Waals surface area contributed by atoms with Crippen LogP contribution in [0.4, 0.5) is 13.6 Å². The Kier molecular flexibility index (Phi) is 2.79. The van der Waals surface area contributed by atoms with Crippen LogP contribution in [0.2, 0.25) is 0 Å². The lowest BCUT2D eigenvalue weighted by molar-refractivity contribution is 0.0843. The summed E-state index contributed by atoms with van der Waals surface area (Å²) in [5, 5.41) is 8.10. The molecular formula is C8H6F2O3. The lowest BCUT2D eigenvalue weighted by Gasteiger charge is -2.02. The average molecular weight is 188 g/mol. The Morgan fingerprint density at radius 3 is 2.77 bits per heavy atom. The number of hydrogen-bond acceptors (Lipinski definition) is 2. The second-order valence-electron chi connectivity index (χ2n) is 2.27. The van der Waals surface area contributed by atoms with Crippen LogP contribution >= 0.6 is 0 Å². The second-order valence-corrected chi connectivity index (χ2v) is 2.27. The van der Waals surface area contributed by atoms with Gasteiger partial charge in [0, 0.05) is 5.56 Å². The molecule has 0 unspecified atom stereocenters. The minimum absolute atomic E-state index is 0.123. The monoisotopic (exact) mass is 188 g/mol. The van der Waals surface area contributed by atoms with Crippen molar-refractivity contribution < 1.29 is 23.4 Å². The molecule has 0 aliphatic heterocycles. The Morgan fingerprint density at radius 1 is 1.46 bits per heavy atom. The summed E-state index contributed by atoms with van der Waals surface area (Å²) >= 11 is 0. The summed E-state index contributed by atoms with van der Waals surface area (Å²) in [6.07, 6.45) is -1.52. The first-order chi connectivity index (χ1) is 6.11. The zero-order chi connectivity index (χ0) is 9.84. The van der Waals surface area contributed by atoms with Gasteiger partial charge < -0.3 is 9.84 Å². The fraction of sp³-hybridized carbons (Fsp3) is 0.125. The van der Waals surface area contributed by atoms with Gasteiger partial charge in [0.15, 0.2) is 11.6 Å². The van der Waals surface area contributed by atoms with Crippen molar-refractivity contribution in [1.82, 2.24) is 0 Å². The maximum Gasteiger partial charge on any atom is 0.506 e. The molecule has 1 aromatic carbocycles. The first-order valence-electron chi connectivity index (χ1n) is 3.40. The van der Waals surface area contributed by atoms with Crippen LogP contribution in [0.5, 0.6) is 0 Å². The van der Waals surface area contributed by atoms with Crippen LogP contribution in [0.25, 0.3) is 0 Å². The van der Waals surface area contributed by atoms with Gasteiger partial charge in [0.2, 0.25) is 0 Å². The van der Waals surface area contributed by atoms with Gasteiger partial charge in [-0.25, -0.2) is 13.6 Å². The maximum absolute atomic E-state index is 12.8. The van der Waals surface area contributed by atoms with Gasteiger partial charge in [0.25, 0.3) is 0 Å². The molecule has 1 aromatic rings. The number of ether oxygens (including phenoxy) is 1. The summed E-state index contributed by atoms with van der Waals surface area (Å²) < 4.78 is 29.4. The highest BCUT2D eigenvalue weighted by molar-refractivity contribution is 5.56. The number of carbonyl (C=O) groups is 1. The van der Waals surface area contributed by atoms with Crippen molar-refractivity contribution in [2.24, 2.45) is 0 Å². The molecule has 0 fully saturated rings. The van der Waals surface area contributed by atoms with E-state index in [-0.39, 0.29) is 5.56 Å². The number of rotatable bonds is 2. The van der Waals surface area contributed by atoms with E-state index in [9.17, 15) is 13.6 Å². The summed E-state index contributed by atoms with van der Waals surface area (Å²) in [4.78, 5) is 9.93. The van der Waals surface area contributed by atoms with Crippen molar-refractivity contribution in [2.45, 2.75) is 6.61 Å². The highest BCUT2D eigenvalue weighted by atomic mass is 19.2. The number of benzene rings is 1. The van der Waals surface area contributed by atoms with E-state index in [0.29, 0.717) is 0 Å². The predicted octanol–water partition coefficient (Wildman–Crippen LogP) is 2.16. The Balaban J connectivity index is 2.77. The number of carboxylic acid groups (broad SMARTS) is 1. The largest absolute Gasteiger partial charge is 0.506 e. The van der Waals surface area contributed by atoms with Crippen molar-refractivity contribution in [3.63, 3.8) is 0 Å². The molecule has 13 heavy (non-hydrogen) atoms. The van der Waals surface area contributed by atoms with E-state index >= 15 is 0 Å². The highest BCUT2D eigenvalue weighted by Crippen LogP contribution is 2.12. The molecule has 0 heterocycles. The quantitative estimate of drug-likeness (QED) is 0.723. The van der Waals surface area contributed by atoms with E-state index in [4.69, 9.17) is 5.11 Å². The molecule has 0 atom stereocenters. The van der Waals surface area contributed by atoms with Crippen LogP contribution in [0.1, 0.15) is 5.56 Å². The average Bonchev–Trinajstić information content (AvgIpc) is 2.07. The summed E-state index contributed by atoms with van der Waals surface area (Å²) in [7, 11) is 0. The van der Waals surface area contributed by atoms with Crippen LogP contribution in [0.3, 0.4) is 0 Å². The van der Waals surface area contributed by atoms with Crippen LogP contribution in [-0.4, -0.2) is 11.3 Å². The zero-order valence-corrected chi connectivity index (χ0v) is 6.46. The molecule has 0 amide bonds. The fourth-order valence-electron chi connectivity index (χ4n) is 0.799. The Labute approximate surface area is 72.6 Å². The Morgan fingerprint density at radius 2 is 2.15 bits per heavy atom. The molecule has 0 bridgehead atoms. The molecule has 1 N–H and O–H groups in total. The maximum atomic E-state index is 12.8. The molecule has 0 aliphatic carbocycles. The lowest BCUT2D eigenvalue weighted by atomic mass is 10.2. The van der Waals surface area contributed by atoms with Gasteiger partial charge in [0.1, 0.15) is 6.61 Å². The van der Waals surface area contributed by atoms with E-state index in [0.717, 1.165) is 6.07 Å². The van der Waals surface area contributed by atoms with E-state index in [1.807, 2.05) is 0 Å². The van der Waals surface area contributed by atoms with E-state index in [1.165, 1.54) is 12.1 Å². The molecule has 0 saturated carbocycles. The summed E-state index contributed by atoms with van der Waals surface area (Å²) in [5.41, 5.74) is -0.123. The van der Waals surface area contributed by atoms with Gasteiger partial charge in [-0.1, -0.05) is 12.1 Å². The predicted molar refractivity (Wildman–Crippen MR) is 39.2 cm³/mol. The molecule has 3 nitrogen and oxygen atoms in total. The lowest BCUT2D eigenvalue weighted by Crippen LogP contribution is -2.02. The summed E-state index contributed by atoms with van der Waals surface area (Å²) in [6, 6.07) is 3.47. The first-order valence-corrected chi connectivity index (χ1v) is 3.40. The fourth-order valence-corrected chi connectivity index (χ4v) is 0.799. The van der Waals surface area contributed by atoms with Crippen molar-refractivity contribution in [3.05, 3.63) is 35.4 Å². The van der Waals surface area contributed by atoms with E-state index < -0.39 is 24.4 Å². The van der Waals surface area contributed by atoms with Crippen molar-refractivity contribution in [3.8, 4) is 0 Å². The van der Waals surface area contributed by atoms with Gasteiger partial charge in [-0.2, -0.15) is 0 Å². The molecule has 0 radical (unpaired) electrons. The molecule has 0 aromatic heterocycles. The molecule has 0 saturated heterocycles. The number of hydrogen-bond donors (Lipinski definition) is 1. The van der Waals surface area contributed by atoms with Gasteiger partial charge in [-0.3, -0.25) is 0 Å². The van der Waals surface area contributed by atoms with Gasteiger partial charge in [-0.05, 0) is 6.07 Å². The van der Waals surface area contributed by atoms with Crippen LogP contribution in [-0.2, 0) is 11.3 Å². The SMILES string of the molecule is O=C(O)OCc1cccc(F)c1F. The Hall–Kier alpha value is -1.65. The highest BCUT2D eigenvalue weighted by Gasteiger charge is 2.08. The van der Waals surface area contributed by atoms with Crippen molar-refractivity contribution >= 4 is 6.16 Å². The van der Waals surface area contributed by atoms with Crippen molar-refractivity contribution in [2.75, 3.05) is 0 Å². The summed E-state index contributed by atoms with van der Waals surface area (Å²) in [6.45, 7) is -0.487. The molecule has 0 aliphatic rings. The topological polar surface area (TPSA) is 46.5 Å². The van der Waals surface area contributed by atoms with Gasteiger partial charge >= 0.3 is 6.16 Å². The minimum Gasteiger partial charge on any atom is -0.450 e. The van der Waals surface area contributed by atoms with Crippen LogP contribution in [0.15, 0.2) is 18.2 Å². The Bertz CT molecular complexity index is 325. The minimum atomic E-state index is -1.52. The zero-order valence-electron chi connectivity index (χ0n) is 6.46. The van der Waals surface area contributed by atoms with E-state index in [2.05, 4.69) is 4.74 Å². The van der Waals surface area contributed by atoms with Gasteiger partial charge in [-0.15, -0.1) is 0 Å². The van der Waals surface area contributed by atoms with Crippen LogP contribution < -0.4 is 0 Å². The number of halogens is 2. The van der Waals surface area contributed by atoms with E-state index in [1.54, 1.807) is 0 Å². The molecule has 5 heteroatoms. The molecule has 0 spiro atoms. The third kappa shape index (κ3) is 2.40. The first kappa shape index (κ1) is 9.44. The molecular weight excluding hydrogens is 182 g/mol. The third-order valence-electron chi connectivity index (χ3n) is 1.38. The smallest absolute Gasteiger partial charge is 0.450 e. The van der Waals surface area contributed by atoms with Crippen LogP contribution in [0, 0.1) is 11.6 Å². The third-order valence-corrected chi connectivity index (χ3v) is 1.38. The van der Waals surface area contributed by atoms with Gasteiger partial charge in [0.05, 0.1) is 0 Å². The second kappa shape index (κ2) is 3.84. The van der Waals surface area contributed by atoms with Crippen molar-refractivity contribution in [1.29, 1.82) is 0 Å². The molecule has 1 rings (SSSR count). The summed E-state index contributed by atoms with van der Waals surface area (Å²) in [5.74, 6) is -2.10. The molecule has 70 valence electrons. The standard InChI is InChI=1S/C8H6F2O3/c9-6-3-1-2-5(7(6)10)4-13-8(11)12/h1-3H,4H2,(H,11,12).